The van der Waals surface area contributed by atoms with Gasteiger partial charge in [-0.05, 0) is 57.8 Å². The minimum Gasteiger partial charge on any atom is -0.387 e. The second-order valence-electron chi connectivity index (χ2n) is 15.8. The first-order chi connectivity index (χ1) is 26.7. The molecule has 4 N–H and O–H groups in total. The van der Waals surface area contributed by atoms with Crippen molar-refractivity contribution in [1.29, 1.82) is 0 Å². The summed E-state index contributed by atoms with van der Waals surface area (Å²) in [5, 5.41) is 23.5. The maximum absolute atomic E-state index is 12.6. The SMILES string of the molecule is CC/C=C\C/C=C\CCCCCCCCCCCCCCCC(O)C(=O)NC(CS(=O)(=O)O)C(O)/C=C/CC/C=C/CCCCCCCCCCCCCC. The highest BCUT2D eigenvalue weighted by molar-refractivity contribution is 7.85. The molecule has 0 aliphatic heterocycles. The lowest BCUT2D eigenvalue weighted by Gasteiger charge is -2.22. The topological polar surface area (TPSA) is 124 Å². The first-order valence-corrected chi connectivity index (χ1v) is 24.6. The fourth-order valence-corrected chi connectivity index (χ4v) is 7.60. The van der Waals surface area contributed by atoms with E-state index in [0.717, 1.165) is 44.9 Å². The molecule has 0 spiro atoms. The summed E-state index contributed by atoms with van der Waals surface area (Å²) in [6.07, 6.45) is 51.7. The van der Waals surface area contributed by atoms with Crippen LogP contribution in [-0.2, 0) is 14.9 Å². The molecule has 55 heavy (non-hydrogen) atoms. The Morgan fingerprint density at radius 3 is 1.40 bits per heavy atom. The maximum atomic E-state index is 12.6. The minimum absolute atomic E-state index is 0.272. The molecule has 0 bridgehead atoms. The highest BCUT2D eigenvalue weighted by Gasteiger charge is 2.27. The van der Waals surface area contributed by atoms with Crippen molar-refractivity contribution < 1.29 is 28.0 Å². The Kier molecular flexibility index (Phi) is 39.2. The number of hydrogen-bond donors (Lipinski definition) is 4. The molecule has 322 valence electrons. The van der Waals surface area contributed by atoms with Gasteiger partial charge >= 0.3 is 0 Å². The molecule has 0 saturated carbocycles. The molecule has 0 aromatic carbocycles. The Balaban J connectivity index is 3.99. The average molecular weight is 794 g/mol. The molecule has 0 aromatic heterocycles. The van der Waals surface area contributed by atoms with Gasteiger partial charge in [-0.1, -0.05) is 210 Å². The number of aliphatic hydroxyl groups excluding tert-OH is 2. The standard InChI is InChI=1S/C47H87NO6S/c1-3-5-7-9-11-13-15-17-19-21-23-24-26-28-30-32-34-36-38-40-42-46(50)47(51)48-44(43-55(52,53)54)45(49)41-39-37-35-33-31-29-27-25-22-20-18-16-14-12-10-8-6-4-2/h5,7,11,13,31,33,39,41,44-46,49-50H,3-4,6,8-10,12,14-30,32,34-38,40,42-43H2,1-2H3,(H,48,51)(H,52,53,54)/b7-5-,13-11-,33-31+,41-39+. The molecule has 0 heterocycles. The number of aliphatic hydroxyl groups is 2. The van der Waals surface area contributed by atoms with Crippen LogP contribution in [0, 0.1) is 0 Å². The molecular formula is C47H87NO6S. The molecule has 0 aliphatic carbocycles. The van der Waals surface area contributed by atoms with Crippen molar-refractivity contribution in [2.24, 2.45) is 0 Å². The predicted octanol–water partition coefficient (Wildman–Crippen LogP) is 12.8. The second kappa shape index (κ2) is 40.5. The fourth-order valence-electron chi connectivity index (χ4n) is 6.86. The van der Waals surface area contributed by atoms with Gasteiger partial charge in [0, 0.05) is 0 Å². The van der Waals surface area contributed by atoms with Crippen molar-refractivity contribution in [1.82, 2.24) is 5.32 Å². The number of unbranched alkanes of at least 4 members (excludes halogenated alkanes) is 26. The van der Waals surface area contributed by atoms with Crippen molar-refractivity contribution in [2.45, 2.75) is 238 Å². The summed E-state index contributed by atoms with van der Waals surface area (Å²) >= 11 is 0. The summed E-state index contributed by atoms with van der Waals surface area (Å²) in [6.45, 7) is 4.42. The predicted molar refractivity (Wildman–Crippen MR) is 236 cm³/mol. The molecule has 0 aliphatic rings. The second-order valence-corrected chi connectivity index (χ2v) is 17.3. The summed E-state index contributed by atoms with van der Waals surface area (Å²) in [7, 11) is -4.46. The third kappa shape index (κ3) is 40.3. The molecular weight excluding hydrogens is 707 g/mol. The zero-order valence-electron chi connectivity index (χ0n) is 35.7. The van der Waals surface area contributed by atoms with E-state index in [4.69, 9.17) is 0 Å². The molecule has 8 heteroatoms. The van der Waals surface area contributed by atoms with E-state index >= 15 is 0 Å². The van der Waals surface area contributed by atoms with Crippen LogP contribution in [0.1, 0.15) is 219 Å². The van der Waals surface area contributed by atoms with Gasteiger partial charge in [0.15, 0.2) is 0 Å². The third-order valence-electron chi connectivity index (χ3n) is 10.3. The van der Waals surface area contributed by atoms with Crippen molar-refractivity contribution in [3.63, 3.8) is 0 Å². The average Bonchev–Trinajstić information content (AvgIpc) is 3.15. The quantitative estimate of drug-likeness (QED) is 0.0278. The van der Waals surface area contributed by atoms with E-state index in [0.29, 0.717) is 12.8 Å². The van der Waals surface area contributed by atoms with Crippen LogP contribution in [0.4, 0.5) is 0 Å². The number of rotatable bonds is 41. The molecule has 0 rings (SSSR count). The molecule has 3 unspecified atom stereocenters. The van der Waals surface area contributed by atoms with Gasteiger partial charge < -0.3 is 15.5 Å². The zero-order chi connectivity index (χ0) is 40.5. The zero-order valence-corrected chi connectivity index (χ0v) is 36.5. The Morgan fingerprint density at radius 2 is 0.927 bits per heavy atom. The molecule has 1 amide bonds. The number of hydrogen-bond acceptors (Lipinski definition) is 5. The number of allylic oxidation sites excluding steroid dienone is 7. The summed E-state index contributed by atoms with van der Waals surface area (Å²) in [5.41, 5.74) is 0. The number of amides is 1. The molecule has 0 aromatic rings. The van der Waals surface area contributed by atoms with E-state index in [-0.39, 0.29) is 6.42 Å². The van der Waals surface area contributed by atoms with Crippen molar-refractivity contribution in [3.8, 4) is 0 Å². The molecule has 7 nitrogen and oxygen atoms in total. The van der Waals surface area contributed by atoms with Gasteiger partial charge in [-0.15, -0.1) is 0 Å². The van der Waals surface area contributed by atoms with Crippen molar-refractivity contribution in [3.05, 3.63) is 48.6 Å². The Morgan fingerprint density at radius 1 is 0.527 bits per heavy atom. The number of nitrogens with one attached hydrogen (secondary N) is 1. The molecule has 3 atom stereocenters. The monoisotopic (exact) mass is 794 g/mol. The van der Waals surface area contributed by atoms with E-state index < -0.39 is 40.0 Å². The molecule has 0 fully saturated rings. The van der Waals surface area contributed by atoms with E-state index in [1.165, 1.54) is 147 Å². The highest BCUT2D eigenvalue weighted by Crippen LogP contribution is 2.15. The fraction of sp³-hybridized carbons (Fsp3) is 0.809. The highest BCUT2D eigenvalue weighted by atomic mass is 32.2. The van der Waals surface area contributed by atoms with Crippen LogP contribution in [0.3, 0.4) is 0 Å². The lowest BCUT2D eigenvalue weighted by molar-refractivity contribution is -0.130. The normalized spacial score (nSPS) is 14.2. The summed E-state index contributed by atoms with van der Waals surface area (Å²) in [6, 6.07) is -1.25. The largest absolute Gasteiger partial charge is 0.387 e. The van der Waals surface area contributed by atoms with Gasteiger partial charge in [-0.3, -0.25) is 9.35 Å². The lowest BCUT2D eigenvalue weighted by Crippen LogP contribution is -2.50. The van der Waals surface area contributed by atoms with E-state index in [1.54, 1.807) is 6.08 Å². The first kappa shape index (κ1) is 53.3. The number of carbonyl (C=O) groups excluding carboxylic acids is 1. The third-order valence-corrected chi connectivity index (χ3v) is 11.1. The van der Waals surface area contributed by atoms with Crippen LogP contribution in [-0.4, -0.2) is 53.1 Å². The molecule has 0 saturated heterocycles. The van der Waals surface area contributed by atoms with E-state index in [2.05, 4.69) is 55.6 Å². The van der Waals surface area contributed by atoms with Gasteiger partial charge in [-0.25, -0.2) is 0 Å². The van der Waals surface area contributed by atoms with Gasteiger partial charge in [-0.2, -0.15) is 8.42 Å². The van der Waals surface area contributed by atoms with Gasteiger partial charge in [0.2, 0.25) is 5.91 Å². The van der Waals surface area contributed by atoms with Crippen LogP contribution in [0.15, 0.2) is 48.6 Å². The maximum Gasteiger partial charge on any atom is 0.267 e. The summed E-state index contributed by atoms with van der Waals surface area (Å²) < 4.78 is 32.6. The van der Waals surface area contributed by atoms with Gasteiger partial charge in [0.1, 0.15) is 6.10 Å². The summed E-state index contributed by atoms with van der Waals surface area (Å²) in [5.74, 6) is -1.56. The van der Waals surface area contributed by atoms with Crippen LogP contribution in [0.5, 0.6) is 0 Å². The smallest absolute Gasteiger partial charge is 0.267 e. The lowest BCUT2D eigenvalue weighted by atomic mass is 10.0. The minimum atomic E-state index is -4.46. The van der Waals surface area contributed by atoms with E-state index in [9.17, 15) is 28.0 Å². The van der Waals surface area contributed by atoms with Crippen molar-refractivity contribution >= 4 is 16.0 Å². The Labute approximate surface area is 340 Å². The van der Waals surface area contributed by atoms with Gasteiger partial charge in [0.25, 0.3) is 10.1 Å². The Hall–Kier alpha value is -1.74. The Bertz CT molecular complexity index is 1070. The molecule has 0 radical (unpaired) electrons. The van der Waals surface area contributed by atoms with Crippen molar-refractivity contribution in [2.75, 3.05) is 5.75 Å². The van der Waals surface area contributed by atoms with Crippen LogP contribution < -0.4 is 5.32 Å². The number of carbonyl (C=O) groups is 1. The first-order valence-electron chi connectivity index (χ1n) is 22.9. The van der Waals surface area contributed by atoms with Crippen LogP contribution >= 0.6 is 0 Å². The van der Waals surface area contributed by atoms with Crippen LogP contribution in [0.25, 0.3) is 0 Å². The van der Waals surface area contributed by atoms with Gasteiger partial charge in [0.05, 0.1) is 17.9 Å². The van der Waals surface area contributed by atoms with Crippen LogP contribution in [0.2, 0.25) is 0 Å². The summed E-state index contributed by atoms with van der Waals surface area (Å²) in [4.78, 5) is 12.6. The van der Waals surface area contributed by atoms with E-state index in [1.807, 2.05) is 0 Å².